The van der Waals surface area contributed by atoms with E-state index in [9.17, 15) is 9.59 Å². The van der Waals surface area contributed by atoms with Gasteiger partial charge in [0.25, 0.3) is 5.91 Å². The molecule has 0 radical (unpaired) electrons. The third-order valence-electron chi connectivity index (χ3n) is 7.33. The number of likely N-dealkylation sites (tertiary alicyclic amines) is 2. The van der Waals surface area contributed by atoms with Crippen LogP contribution in [-0.2, 0) is 9.53 Å². The smallest absolute Gasteiger partial charge is 0.316 e. The second-order valence-corrected chi connectivity index (χ2v) is 9.82. The molecule has 3 heterocycles. The van der Waals surface area contributed by atoms with Crippen molar-refractivity contribution >= 4 is 11.9 Å². The minimum absolute atomic E-state index is 0.000222. The Bertz CT molecular complexity index is 1010. The first-order valence-corrected chi connectivity index (χ1v) is 12.5. The van der Waals surface area contributed by atoms with E-state index >= 15 is 0 Å². The van der Waals surface area contributed by atoms with Gasteiger partial charge in [-0.25, -0.2) is 0 Å². The van der Waals surface area contributed by atoms with Gasteiger partial charge in [0.1, 0.15) is 6.61 Å². The Balaban J connectivity index is 1.29. The minimum Gasteiger partial charge on any atom is -0.469 e. The number of aromatic nitrogens is 2. The summed E-state index contributed by atoms with van der Waals surface area (Å²) in [6, 6.07) is 10.9. The largest absolute Gasteiger partial charge is 0.469 e. The summed E-state index contributed by atoms with van der Waals surface area (Å²) in [5, 5.41) is 0. The second-order valence-electron chi connectivity index (χ2n) is 9.82. The van der Waals surface area contributed by atoms with Gasteiger partial charge in [-0.15, -0.1) is 0 Å². The summed E-state index contributed by atoms with van der Waals surface area (Å²) in [5.41, 5.74) is 3.16. The van der Waals surface area contributed by atoms with Crippen molar-refractivity contribution in [2.24, 2.45) is 11.8 Å². The van der Waals surface area contributed by atoms with Gasteiger partial charge in [0, 0.05) is 26.2 Å². The lowest BCUT2D eigenvalue weighted by molar-refractivity contribution is -0.141. The standard InChI is InChI=1S/C27H36N4O4/c1-18(21-8-6-5-7-9-21)10-12-30-14-22-16-31(17-23(22)15-30)26(33)25-19(2)28-27(29-20(25)3)35-13-11-24(32)34-4/h5-9,18,22-23H,10-17H2,1-4H3/t18-,22?,23?/m0/s1. The number of aryl methyl sites for hydroxylation is 2. The van der Waals surface area contributed by atoms with E-state index in [1.165, 1.54) is 12.7 Å². The molecule has 0 bridgehead atoms. The van der Waals surface area contributed by atoms with Crippen molar-refractivity contribution in [3.63, 3.8) is 0 Å². The molecule has 0 N–H and O–H groups in total. The first-order valence-electron chi connectivity index (χ1n) is 12.5. The third kappa shape index (κ3) is 5.99. The number of amides is 1. The van der Waals surface area contributed by atoms with E-state index in [1.54, 1.807) is 0 Å². The van der Waals surface area contributed by atoms with Gasteiger partial charge in [-0.3, -0.25) is 9.59 Å². The topological polar surface area (TPSA) is 84.9 Å². The van der Waals surface area contributed by atoms with Gasteiger partial charge in [0.2, 0.25) is 0 Å². The van der Waals surface area contributed by atoms with Crippen LogP contribution < -0.4 is 4.74 Å². The highest BCUT2D eigenvalue weighted by atomic mass is 16.5. The fourth-order valence-corrected chi connectivity index (χ4v) is 5.31. The molecule has 8 heteroatoms. The molecule has 2 aliphatic rings. The highest BCUT2D eigenvalue weighted by Crippen LogP contribution is 2.33. The molecule has 2 aromatic rings. The van der Waals surface area contributed by atoms with E-state index in [0.717, 1.165) is 39.1 Å². The molecule has 1 aromatic carbocycles. The van der Waals surface area contributed by atoms with Crippen molar-refractivity contribution in [1.29, 1.82) is 0 Å². The molecular weight excluding hydrogens is 444 g/mol. The number of hydrogen-bond donors (Lipinski definition) is 0. The molecule has 0 spiro atoms. The Kier molecular flexibility index (Phi) is 8.00. The number of ether oxygens (including phenoxy) is 2. The van der Waals surface area contributed by atoms with Crippen LogP contribution in [0.15, 0.2) is 30.3 Å². The Morgan fingerprint density at radius 2 is 1.66 bits per heavy atom. The van der Waals surface area contributed by atoms with Gasteiger partial charge >= 0.3 is 12.0 Å². The molecule has 2 fully saturated rings. The van der Waals surface area contributed by atoms with Crippen LogP contribution in [0.5, 0.6) is 6.01 Å². The Morgan fingerprint density at radius 1 is 1.03 bits per heavy atom. The van der Waals surface area contributed by atoms with Gasteiger partial charge in [-0.1, -0.05) is 37.3 Å². The quantitative estimate of drug-likeness (QED) is 0.510. The van der Waals surface area contributed by atoms with Gasteiger partial charge in [0.05, 0.1) is 30.5 Å². The Labute approximate surface area is 207 Å². The molecule has 188 valence electrons. The van der Waals surface area contributed by atoms with Crippen LogP contribution in [-0.4, -0.2) is 78.1 Å². The van der Waals surface area contributed by atoms with Crippen molar-refractivity contribution in [2.75, 3.05) is 46.4 Å². The summed E-state index contributed by atoms with van der Waals surface area (Å²) in [6.07, 6.45) is 1.27. The maximum atomic E-state index is 13.4. The van der Waals surface area contributed by atoms with Crippen LogP contribution in [0.2, 0.25) is 0 Å². The summed E-state index contributed by atoms with van der Waals surface area (Å²) < 4.78 is 10.1. The first-order chi connectivity index (χ1) is 16.9. The summed E-state index contributed by atoms with van der Waals surface area (Å²) in [4.78, 5) is 37.9. The lowest BCUT2D eigenvalue weighted by Gasteiger charge is -2.23. The number of methoxy groups -OCH3 is 1. The minimum atomic E-state index is -0.353. The molecule has 2 aliphatic heterocycles. The van der Waals surface area contributed by atoms with Crippen molar-refractivity contribution in [3.05, 3.63) is 52.8 Å². The van der Waals surface area contributed by atoms with E-state index in [-0.39, 0.29) is 30.9 Å². The molecule has 3 atom stereocenters. The lowest BCUT2D eigenvalue weighted by atomic mass is 9.98. The maximum absolute atomic E-state index is 13.4. The molecule has 0 aliphatic carbocycles. The predicted molar refractivity (Wildman–Crippen MR) is 132 cm³/mol. The third-order valence-corrected chi connectivity index (χ3v) is 7.33. The van der Waals surface area contributed by atoms with Gasteiger partial charge in [-0.2, -0.15) is 9.97 Å². The van der Waals surface area contributed by atoms with Crippen molar-refractivity contribution in [1.82, 2.24) is 19.8 Å². The van der Waals surface area contributed by atoms with Crippen molar-refractivity contribution in [2.45, 2.75) is 39.5 Å². The normalized spacial score (nSPS) is 20.5. The maximum Gasteiger partial charge on any atom is 0.316 e. The molecule has 35 heavy (non-hydrogen) atoms. The lowest BCUT2D eigenvalue weighted by Crippen LogP contribution is -2.34. The van der Waals surface area contributed by atoms with Crippen molar-refractivity contribution < 1.29 is 19.1 Å². The average molecular weight is 481 g/mol. The van der Waals surface area contributed by atoms with E-state index < -0.39 is 0 Å². The fraction of sp³-hybridized carbons (Fsp3) is 0.556. The number of fused-ring (bicyclic) bond motifs is 1. The Hall–Kier alpha value is -3.00. The zero-order valence-electron chi connectivity index (χ0n) is 21.2. The fourth-order valence-electron chi connectivity index (χ4n) is 5.31. The molecule has 2 saturated heterocycles. The summed E-state index contributed by atoms with van der Waals surface area (Å²) >= 11 is 0. The monoisotopic (exact) mass is 480 g/mol. The van der Waals surface area contributed by atoms with Gasteiger partial charge in [-0.05, 0) is 50.1 Å². The highest BCUT2D eigenvalue weighted by Gasteiger charge is 2.42. The number of rotatable bonds is 9. The van der Waals surface area contributed by atoms with Crippen LogP contribution in [0.3, 0.4) is 0 Å². The average Bonchev–Trinajstić information content (AvgIpc) is 3.41. The first kappa shape index (κ1) is 25.1. The number of esters is 1. The van der Waals surface area contributed by atoms with E-state index in [0.29, 0.717) is 34.7 Å². The summed E-state index contributed by atoms with van der Waals surface area (Å²) in [7, 11) is 1.34. The molecule has 0 saturated carbocycles. The zero-order chi connectivity index (χ0) is 24.9. The van der Waals surface area contributed by atoms with Crippen LogP contribution in [0, 0.1) is 25.7 Å². The SMILES string of the molecule is COC(=O)CCOc1nc(C)c(C(=O)N2CC3CN(CC[C@H](C)c4ccccc4)CC3C2)c(C)n1. The number of nitrogens with zero attached hydrogens (tertiary/aromatic N) is 4. The van der Waals surface area contributed by atoms with Crippen LogP contribution in [0.25, 0.3) is 0 Å². The summed E-state index contributed by atoms with van der Waals surface area (Å²) in [6.45, 7) is 10.8. The molecule has 8 nitrogen and oxygen atoms in total. The van der Waals surface area contributed by atoms with E-state index in [4.69, 9.17) is 4.74 Å². The summed E-state index contributed by atoms with van der Waals surface area (Å²) in [5.74, 6) is 1.24. The van der Waals surface area contributed by atoms with Crippen LogP contribution >= 0.6 is 0 Å². The number of carbonyl (C=O) groups excluding carboxylic acids is 2. The number of hydrogen-bond acceptors (Lipinski definition) is 7. The predicted octanol–water partition coefficient (Wildman–Crippen LogP) is 3.23. The second kappa shape index (κ2) is 11.2. The zero-order valence-corrected chi connectivity index (χ0v) is 21.2. The van der Waals surface area contributed by atoms with Gasteiger partial charge in [0.15, 0.2) is 0 Å². The molecule has 2 unspecified atom stereocenters. The molecule has 1 aromatic heterocycles. The van der Waals surface area contributed by atoms with Crippen LogP contribution in [0.1, 0.15) is 53.0 Å². The number of benzene rings is 1. The molecular formula is C27H36N4O4. The van der Waals surface area contributed by atoms with Crippen molar-refractivity contribution in [3.8, 4) is 6.01 Å². The molecule has 1 amide bonds. The highest BCUT2D eigenvalue weighted by molar-refractivity contribution is 5.96. The Morgan fingerprint density at radius 3 is 2.26 bits per heavy atom. The molecule has 4 rings (SSSR count). The van der Waals surface area contributed by atoms with Crippen LogP contribution in [0.4, 0.5) is 0 Å². The van der Waals surface area contributed by atoms with Gasteiger partial charge < -0.3 is 19.3 Å². The number of carbonyl (C=O) groups is 2. The van der Waals surface area contributed by atoms with E-state index in [1.807, 2.05) is 18.7 Å². The van der Waals surface area contributed by atoms with E-state index in [2.05, 4.69) is 56.9 Å².